The van der Waals surface area contributed by atoms with Crippen LogP contribution < -0.4 is 14.8 Å². The molecule has 1 aliphatic heterocycles. The molecule has 1 N–H and O–H groups in total. The number of rotatable bonds is 3. The van der Waals surface area contributed by atoms with Crippen molar-refractivity contribution in [2.75, 3.05) is 25.5 Å². The molecule has 0 aliphatic carbocycles. The van der Waals surface area contributed by atoms with E-state index in [2.05, 4.69) is 10.3 Å². The van der Waals surface area contributed by atoms with Gasteiger partial charge in [0.15, 0.2) is 22.7 Å². The van der Waals surface area contributed by atoms with Crippen molar-refractivity contribution in [1.82, 2.24) is 9.88 Å². The monoisotopic (exact) mass is 355 g/mol. The Balaban J connectivity index is 1.38. The molecule has 7 heteroatoms. The lowest BCUT2D eigenvalue weighted by Crippen LogP contribution is -2.43. The van der Waals surface area contributed by atoms with E-state index in [1.807, 2.05) is 48.5 Å². The van der Waals surface area contributed by atoms with Crippen molar-refractivity contribution in [3.05, 3.63) is 48.5 Å². The number of thiazole rings is 1. The van der Waals surface area contributed by atoms with Crippen molar-refractivity contribution in [2.45, 2.75) is 6.10 Å². The number of carbonyl (C=O) groups is 1. The molecule has 4 rings (SSSR count). The number of nitrogens with one attached hydrogen (secondary N) is 1. The molecule has 0 radical (unpaired) electrons. The number of hydrogen-bond donors (Lipinski definition) is 1. The average molecular weight is 355 g/mol. The summed E-state index contributed by atoms with van der Waals surface area (Å²) in [5.74, 6) is 1.44. The number of urea groups is 1. The molecule has 0 saturated heterocycles. The summed E-state index contributed by atoms with van der Waals surface area (Å²) in [7, 11) is 1.73. The second kappa shape index (κ2) is 6.60. The number of amides is 2. The predicted octanol–water partition coefficient (Wildman–Crippen LogP) is 3.60. The van der Waals surface area contributed by atoms with Crippen molar-refractivity contribution in [2.24, 2.45) is 0 Å². The van der Waals surface area contributed by atoms with Gasteiger partial charge in [0.2, 0.25) is 0 Å². The number of aromatic nitrogens is 1. The van der Waals surface area contributed by atoms with Gasteiger partial charge in [-0.25, -0.2) is 9.78 Å². The summed E-state index contributed by atoms with van der Waals surface area (Å²) < 4.78 is 12.6. The molecule has 2 heterocycles. The van der Waals surface area contributed by atoms with E-state index in [0.29, 0.717) is 24.0 Å². The molecule has 1 aliphatic rings. The summed E-state index contributed by atoms with van der Waals surface area (Å²) in [5, 5.41) is 3.43. The Morgan fingerprint density at radius 2 is 2.00 bits per heavy atom. The summed E-state index contributed by atoms with van der Waals surface area (Å²) in [6, 6.07) is 15.1. The van der Waals surface area contributed by atoms with Gasteiger partial charge in [-0.3, -0.25) is 5.32 Å². The minimum atomic E-state index is -0.221. The van der Waals surface area contributed by atoms with E-state index in [-0.39, 0.29) is 12.1 Å². The van der Waals surface area contributed by atoms with Gasteiger partial charge in [0.05, 0.1) is 16.8 Å². The predicted molar refractivity (Wildman–Crippen MR) is 97.6 cm³/mol. The Morgan fingerprint density at radius 3 is 2.84 bits per heavy atom. The number of likely N-dealkylation sites (N-methyl/N-ethyl adjacent to an activating group) is 1. The number of hydrogen-bond acceptors (Lipinski definition) is 5. The van der Waals surface area contributed by atoms with Crippen molar-refractivity contribution < 1.29 is 14.3 Å². The second-order valence-electron chi connectivity index (χ2n) is 5.80. The van der Waals surface area contributed by atoms with Gasteiger partial charge in [-0.1, -0.05) is 35.6 Å². The minimum absolute atomic E-state index is 0.207. The van der Waals surface area contributed by atoms with E-state index in [4.69, 9.17) is 9.47 Å². The van der Waals surface area contributed by atoms with Crippen LogP contribution in [-0.4, -0.2) is 42.2 Å². The van der Waals surface area contributed by atoms with E-state index < -0.39 is 0 Å². The molecule has 0 saturated carbocycles. The molecule has 128 valence electrons. The van der Waals surface area contributed by atoms with Crippen LogP contribution in [0, 0.1) is 0 Å². The number of benzene rings is 2. The number of fused-ring (bicyclic) bond motifs is 2. The SMILES string of the molecule is CN(C[C@@H]1COc2ccccc2O1)C(=O)Nc1nc2ccccc2s1. The van der Waals surface area contributed by atoms with Crippen molar-refractivity contribution in [3.63, 3.8) is 0 Å². The van der Waals surface area contributed by atoms with E-state index in [1.165, 1.54) is 11.3 Å². The fourth-order valence-electron chi connectivity index (χ4n) is 2.65. The van der Waals surface area contributed by atoms with Crippen LogP contribution in [0.1, 0.15) is 0 Å². The maximum atomic E-state index is 12.4. The highest BCUT2D eigenvalue weighted by Gasteiger charge is 2.24. The summed E-state index contributed by atoms with van der Waals surface area (Å²) in [5.41, 5.74) is 0.881. The van der Waals surface area contributed by atoms with Crippen LogP contribution in [0.5, 0.6) is 11.5 Å². The number of nitrogens with zero attached hydrogens (tertiary/aromatic N) is 2. The molecule has 2 aromatic carbocycles. The number of carbonyl (C=O) groups excluding carboxylic acids is 1. The lowest BCUT2D eigenvalue weighted by atomic mass is 10.2. The van der Waals surface area contributed by atoms with Crippen LogP contribution in [-0.2, 0) is 0 Å². The fourth-order valence-corrected chi connectivity index (χ4v) is 3.51. The third-order valence-corrected chi connectivity index (χ3v) is 4.85. The third-order valence-electron chi connectivity index (χ3n) is 3.90. The molecule has 25 heavy (non-hydrogen) atoms. The molecule has 3 aromatic rings. The van der Waals surface area contributed by atoms with Crippen LogP contribution in [0.25, 0.3) is 10.2 Å². The molecule has 1 aromatic heterocycles. The summed E-state index contributed by atoms with van der Waals surface area (Å²) in [6.45, 7) is 0.834. The van der Waals surface area contributed by atoms with Crippen LogP contribution >= 0.6 is 11.3 Å². The highest BCUT2D eigenvalue weighted by molar-refractivity contribution is 7.22. The number of ether oxygens (including phenoxy) is 2. The van der Waals surface area contributed by atoms with Crippen molar-refractivity contribution >= 4 is 32.7 Å². The maximum Gasteiger partial charge on any atom is 0.323 e. The first-order valence-corrected chi connectivity index (χ1v) is 8.77. The zero-order valence-corrected chi connectivity index (χ0v) is 14.5. The van der Waals surface area contributed by atoms with Gasteiger partial charge in [0, 0.05) is 7.05 Å². The van der Waals surface area contributed by atoms with Gasteiger partial charge in [0.25, 0.3) is 0 Å². The highest BCUT2D eigenvalue weighted by atomic mass is 32.1. The van der Waals surface area contributed by atoms with E-state index in [9.17, 15) is 4.79 Å². The smallest absolute Gasteiger partial charge is 0.323 e. The molecule has 0 bridgehead atoms. The average Bonchev–Trinajstić information content (AvgIpc) is 3.03. The van der Waals surface area contributed by atoms with E-state index in [0.717, 1.165) is 16.0 Å². The van der Waals surface area contributed by atoms with Gasteiger partial charge in [-0.05, 0) is 24.3 Å². The number of para-hydroxylation sites is 3. The Labute approximate surface area is 149 Å². The van der Waals surface area contributed by atoms with Crippen molar-refractivity contribution in [3.8, 4) is 11.5 Å². The van der Waals surface area contributed by atoms with Gasteiger partial charge < -0.3 is 14.4 Å². The van der Waals surface area contributed by atoms with Gasteiger partial charge in [-0.15, -0.1) is 0 Å². The van der Waals surface area contributed by atoms with Gasteiger partial charge >= 0.3 is 6.03 Å². The first-order chi connectivity index (χ1) is 12.2. The quantitative estimate of drug-likeness (QED) is 0.780. The first kappa shape index (κ1) is 15.7. The Hall–Kier alpha value is -2.80. The Morgan fingerprint density at radius 1 is 1.24 bits per heavy atom. The Bertz CT molecular complexity index is 878. The molecule has 0 fully saturated rings. The van der Waals surface area contributed by atoms with Crippen LogP contribution in [0.4, 0.5) is 9.93 Å². The van der Waals surface area contributed by atoms with Gasteiger partial charge in [0.1, 0.15) is 6.61 Å². The maximum absolute atomic E-state index is 12.4. The normalized spacial score (nSPS) is 15.8. The van der Waals surface area contributed by atoms with E-state index >= 15 is 0 Å². The standard InChI is InChI=1S/C18H17N3O3S/c1-21(10-12-11-23-14-7-3-4-8-15(14)24-12)18(22)20-17-19-13-6-2-5-9-16(13)25-17/h2-9,12H,10-11H2,1H3,(H,19,20,22)/t12-/m1/s1. The van der Waals surface area contributed by atoms with Crippen LogP contribution in [0.3, 0.4) is 0 Å². The van der Waals surface area contributed by atoms with E-state index in [1.54, 1.807) is 11.9 Å². The molecule has 2 amide bonds. The lowest BCUT2D eigenvalue weighted by Gasteiger charge is -2.29. The molecular formula is C18H17N3O3S. The lowest BCUT2D eigenvalue weighted by molar-refractivity contribution is 0.0731. The summed E-state index contributed by atoms with van der Waals surface area (Å²) >= 11 is 1.45. The number of anilines is 1. The second-order valence-corrected chi connectivity index (χ2v) is 6.83. The molecule has 0 spiro atoms. The first-order valence-electron chi connectivity index (χ1n) is 7.95. The van der Waals surface area contributed by atoms with Crippen molar-refractivity contribution in [1.29, 1.82) is 0 Å². The Kier molecular flexibility index (Phi) is 4.15. The zero-order chi connectivity index (χ0) is 17.2. The highest BCUT2D eigenvalue weighted by Crippen LogP contribution is 2.31. The molecule has 6 nitrogen and oxygen atoms in total. The largest absolute Gasteiger partial charge is 0.486 e. The topological polar surface area (TPSA) is 63.7 Å². The summed E-state index contributed by atoms with van der Waals surface area (Å²) in [4.78, 5) is 18.4. The fraction of sp³-hybridized carbons (Fsp3) is 0.222. The van der Waals surface area contributed by atoms with Crippen LogP contribution in [0.15, 0.2) is 48.5 Å². The third kappa shape index (κ3) is 3.36. The molecule has 0 unspecified atom stereocenters. The molecular weight excluding hydrogens is 338 g/mol. The molecule has 1 atom stereocenters. The summed E-state index contributed by atoms with van der Waals surface area (Å²) in [6.07, 6.45) is -0.207. The minimum Gasteiger partial charge on any atom is -0.486 e. The zero-order valence-electron chi connectivity index (χ0n) is 13.6. The van der Waals surface area contributed by atoms with Gasteiger partial charge in [-0.2, -0.15) is 0 Å². The van der Waals surface area contributed by atoms with Crippen LogP contribution in [0.2, 0.25) is 0 Å².